The lowest BCUT2D eigenvalue weighted by Gasteiger charge is -2.25. The lowest BCUT2D eigenvalue weighted by molar-refractivity contribution is -0.137. The van der Waals surface area contributed by atoms with Gasteiger partial charge in [0.05, 0.1) is 13.0 Å². The molecule has 4 N–H and O–H groups in total. The van der Waals surface area contributed by atoms with E-state index in [9.17, 15) is 9.59 Å². The Morgan fingerprint density at radius 3 is 2.57 bits per heavy atom. The molecule has 21 heavy (non-hydrogen) atoms. The van der Waals surface area contributed by atoms with Gasteiger partial charge in [0.25, 0.3) is 0 Å². The zero-order chi connectivity index (χ0) is 16.0. The highest BCUT2D eigenvalue weighted by Crippen LogP contribution is 2.17. The molecule has 1 unspecified atom stereocenters. The SMILES string of the molecule is CC(C)(C)CNCC(=O)N1CCCC1C(=O)NCB(O)O. The van der Waals surface area contributed by atoms with Gasteiger partial charge in [0.2, 0.25) is 11.8 Å². The number of hydrogen-bond acceptors (Lipinski definition) is 5. The van der Waals surface area contributed by atoms with Crippen LogP contribution in [0, 0.1) is 5.41 Å². The van der Waals surface area contributed by atoms with Gasteiger partial charge in [-0.1, -0.05) is 20.8 Å². The van der Waals surface area contributed by atoms with Gasteiger partial charge in [0, 0.05) is 13.1 Å². The average molecular weight is 299 g/mol. The third-order valence-electron chi connectivity index (χ3n) is 3.27. The zero-order valence-corrected chi connectivity index (χ0v) is 13.1. The lowest BCUT2D eigenvalue weighted by atomic mass is 9.92. The Bertz CT molecular complexity index is 371. The minimum atomic E-state index is -1.58. The van der Waals surface area contributed by atoms with Crippen molar-refractivity contribution >= 4 is 18.9 Å². The van der Waals surface area contributed by atoms with Gasteiger partial charge in [-0.2, -0.15) is 0 Å². The zero-order valence-electron chi connectivity index (χ0n) is 13.1. The maximum atomic E-state index is 12.2. The first-order valence-electron chi connectivity index (χ1n) is 7.35. The molecule has 0 bridgehead atoms. The third kappa shape index (κ3) is 6.45. The summed E-state index contributed by atoms with van der Waals surface area (Å²) in [7, 11) is -1.58. The van der Waals surface area contributed by atoms with Gasteiger partial charge < -0.3 is 25.6 Å². The summed E-state index contributed by atoms with van der Waals surface area (Å²) in [6, 6.07) is -0.507. The number of hydrogen-bond donors (Lipinski definition) is 4. The second kappa shape index (κ2) is 7.77. The molecule has 0 aromatic rings. The molecule has 8 heteroatoms. The van der Waals surface area contributed by atoms with E-state index >= 15 is 0 Å². The maximum Gasteiger partial charge on any atom is 0.472 e. The van der Waals surface area contributed by atoms with Crippen molar-refractivity contribution in [3.05, 3.63) is 0 Å². The molecule has 0 aliphatic carbocycles. The van der Waals surface area contributed by atoms with Crippen molar-refractivity contribution in [2.24, 2.45) is 5.41 Å². The summed E-state index contributed by atoms with van der Waals surface area (Å²) < 4.78 is 0. The van der Waals surface area contributed by atoms with Crippen LogP contribution in [0.1, 0.15) is 33.6 Å². The van der Waals surface area contributed by atoms with Crippen molar-refractivity contribution in [3.63, 3.8) is 0 Å². The second-order valence-corrected chi connectivity index (χ2v) is 6.64. The van der Waals surface area contributed by atoms with Crippen molar-refractivity contribution in [1.29, 1.82) is 0 Å². The molecule has 1 saturated heterocycles. The maximum absolute atomic E-state index is 12.2. The van der Waals surface area contributed by atoms with Crippen molar-refractivity contribution in [1.82, 2.24) is 15.5 Å². The van der Waals surface area contributed by atoms with Crippen molar-refractivity contribution in [2.45, 2.75) is 39.7 Å². The number of amides is 2. The van der Waals surface area contributed by atoms with Gasteiger partial charge in [0.1, 0.15) is 6.04 Å². The number of carbonyl (C=O) groups excluding carboxylic acids is 2. The minimum absolute atomic E-state index is 0.0959. The predicted molar refractivity (Wildman–Crippen MR) is 80.3 cm³/mol. The van der Waals surface area contributed by atoms with Crippen LogP contribution in [-0.4, -0.2) is 66.0 Å². The molecular weight excluding hydrogens is 273 g/mol. The van der Waals surface area contributed by atoms with E-state index in [0.717, 1.165) is 13.0 Å². The van der Waals surface area contributed by atoms with Crippen LogP contribution in [0.15, 0.2) is 0 Å². The van der Waals surface area contributed by atoms with E-state index in [2.05, 4.69) is 31.4 Å². The molecule has 0 saturated carbocycles. The van der Waals surface area contributed by atoms with Crippen LogP contribution < -0.4 is 10.6 Å². The van der Waals surface area contributed by atoms with E-state index in [1.165, 1.54) is 0 Å². The first-order valence-corrected chi connectivity index (χ1v) is 7.35. The van der Waals surface area contributed by atoms with Gasteiger partial charge >= 0.3 is 7.12 Å². The van der Waals surface area contributed by atoms with Crippen LogP contribution in [0.5, 0.6) is 0 Å². The fraction of sp³-hybridized carbons (Fsp3) is 0.846. The highest BCUT2D eigenvalue weighted by Gasteiger charge is 2.34. The highest BCUT2D eigenvalue weighted by molar-refractivity contribution is 6.41. The first-order chi connectivity index (χ1) is 9.70. The fourth-order valence-corrected chi connectivity index (χ4v) is 2.29. The van der Waals surface area contributed by atoms with E-state index in [0.29, 0.717) is 13.0 Å². The van der Waals surface area contributed by atoms with Crippen LogP contribution in [0.4, 0.5) is 0 Å². The Hall–Kier alpha value is -1.12. The summed E-state index contributed by atoms with van der Waals surface area (Å²) in [6.07, 6.45) is 1.17. The molecule has 1 aliphatic heterocycles. The monoisotopic (exact) mass is 299 g/mol. The van der Waals surface area contributed by atoms with E-state index in [-0.39, 0.29) is 30.2 Å². The molecule has 0 spiro atoms. The van der Waals surface area contributed by atoms with E-state index in [4.69, 9.17) is 10.0 Å². The molecule has 120 valence electrons. The molecule has 0 aromatic carbocycles. The third-order valence-corrected chi connectivity index (χ3v) is 3.27. The standard InChI is InChI=1S/C13H26BN3O4/c1-13(2,3)8-15-7-11(18)17-6-4-5-10(17)12(19)16-9-14(20)21/h10,15,20-21H,4-9H2,1-3H3,(H,16,19). The summed E-state index contributed by atoms with van der Waals surface area (Å²) in [5.41, 5.74) is 0.0966. The van der Waals surface area contributed by atoms with Crippen LogP contribution in [0.3, 0.4) is 0 Å². The van der Waals surface area contributed by atoms with Crippen molar-refractivity contribution in [2.75, 3.05) is 26.1 Å². The Balaban J connectivity index is 2.44. The van der Waals surface area contributed by atoms with Crippen LogP contribution in [0.25, 0.3) is 0 Å². The Labute approximate surface area is 126 Å². The number of nitrogens with zero attached hydrogens (tertiary/aromatic N) is 1. The normalized spacial score (nSPS) is 18.7. The topological polar surface area (TPSA) is 102 Å². The van der Waals surface area contributed by atoms with Gasteiger partial charge in [0.15, 0.2) is 0 Å². The summed E-state index contributed by atoms with van der Waals surface area (Å²) in [5.74, 6) is -0.425. The molecule has 1 aliphatic rings. The van der Waals surface area contributed by atoms with Crippen LogP contribution in [0.2, 0.25) is 0 Å². The van der Waals surface area contributed by atoms with Crippen molar-refractivity contribution in [3.8, 4) is 0 Å². The molecule has 0 aromatic heterocycles. The number of nitrogens with one attached hydrogen (secondary N) is 2. The summed E-state index contributed by atoms with van der Waals surface area (Å²) >= 11 is 0. The number of rotatable bonds is 6. The smallest absolute Gasteiger partial charge is 0.426 e. The fourth-order valence-electron chi connectivity index (χ4n) is 2.29. The first kappa shape index (κ1) is 17.9. The molecule has 1 fully saturated rings. The molecule has 2 amide bonds. The lowest BCUT2D eigenvalue weighted by Crippen LogP contribution is -2.50. The van der Waals surface area contributed by atoms with E-state index in [1.54, 1.807) is 4.90 Å². The molecule has 7 nitrogen and oxygen atoms in total. The summed E-state index contributed by atoms with van der Waals surface area (Å²) in [6.45, 7) is 7.74. The largest absolute Gasteiger partial charge is 0.472 e. The minimum Gasteiger partial charge on any atom is -0.426 e. The molecule has 1 atom stereocenters. The molecule has 1 rings (SSSR count). The molecule has 0 radical (unpaired) electrons. The van der Waals surface area contributed by atoms with Gasteiger partial charge in [-0.15, -0.1) is 0 Å². The van der Waals surface area contributed by atoms with E-state index in [1.807, 2.05) is 0 Å². The molecule has 1 heterocycles. The Morgan fingerprint density at radius 2 is 2.00 bits per heavy atom. The number of likely N-dealkylation sites (tertiary alicyclic amines) is 1. The quantitative estimate of drug-likeness (QED) is 0.459. The van der Waals surface area contributed by atoms with Crippen molar-refractivity contribution < 1.29 is 19.6 Å². The highest BCUT2D eigenvalue weighted by atomic mass is 16.4. The van der Waals surface area contributed by atoms with E-state index < -0.39 is 13.2 Å². The number of carbonyl (C=O) groups is 2. The van der Waals surface area contributed by atoms with Crippen LogP contribution in [-0.2, 0) is 9.59 Å². The van der Waals surface area contributed by atoms with Crippen LogP contribution >= 0.6 is 0 Å². The average Bonchev–Trinajstić information content (AvgIpc) is 2.83. The molecular formula is C13H26BN3O4. The van der Waals surface area contributed by atoms with Gasteiger partial charge in [-0.25, -0.2) is 0 Å². The summed E-state index contributed by atoms with van der Waals surface area (Å²) in [4.78, 5) is 25.7. The summed E-state index contributed by atoms with van der Waals surface area (Å²) in [5, 5.41) is 23.1. The van der Waals surface area contributed by atoms with Gasteiger partial charge in [-0.3, -0.25) is 9.59 Å². The Kier molecular flexibility index (Phi) is 6.63. The second-order valence-electron chi connectivity index (χ2n) is 6.64. The van der Waals surface area contributed by atoms with Gasteiger partial charge in [-0.05, 0) is 18.3 Å². The predicted octanol–water partition coefficient (Wildman–Crippen LogP) is -1.26. The Morgan fingerprint density at radius 1 is 1.33 bits per heavy atom.